The molecule has 0 unspecified atom stereocenters. The highest BCUT2D eigenvalue weighted by atomic mass is 16.3. The fourth-order valence-electron chi connectivity index (χ4n) is 3.30. The lowest BCUT2D eigenvalue weighted by molar-refractivity contribution is 0.0610. The first-order chi connectivity index (χ1) is 12.6. The van der Waals surface area contributed by atoms with Crippen LogP contribution in [0, 0.1) is 11.8 Å². The molecule has 4 rings (SSSR count). The number of hydrogen-bond donors (Lipinski definition) is 2. The van der Waals surface area contributed by atoms with E-state index in [-0.39, 0.29) is 5.82 Å². The molecule has 3 N–H and O–H groups in total. The van der Waals surface area contributed by atoms with Gasteiger partial charge in [0, 0.05) is 13.2 Å². The number of hydrogen-bond acceptors (Lipinski definition) is 6. The Kier molecular flexibility index (Phi) is 4.05. The second kappa shape index (κ2) is 6.39. The van der Waals surface area contributed by atoms with Gasteiger partial charge in [0.1, 0.15) is 11.3 Å². The number of nitrogens with two attached hydrogens (primary N) is 1. The fourth-order valence-corrected chi connectivity index (χ4v) is 3.30. The monoisotopic (exact) mass is 348 g/mol. The van der Waals surface area contributed by atoms with E-state index in [2.05, 4.69) is 31.8 Å². The highest BCUT2D eigenvalue weighted by Gasteiger charge is 2.26. The molecule has 0 aromatic carbocycles. The molecular formula is C19H20N6O. The number of pyridine rings is 1. The maximum absolute atomic E-state index is 10.5. The van der Waals surface area contributed by atoms with Gasteiger partial charge in [0.15, 0.2) is 22.8 Å². The number of fused-ring (bicyclic) bond motifs is 1. The molecule has 7 heteroatoms. The van der Waals surface area contributed by atoms with Crippen molar-refractivity contribution in [3.8, 4) is 23.4 Å². The lowest BCUT2D eigenvalue weighted by Gasteiger charge is -2.26. The van der Waals surface area contributed by atoms with Gasteiger partial charge in [-0.15, -0.1) is 0 Å². The number of aromatic nitrogens is 5. The molecule has 0 bridgehead atoms. The molecule has 0 amide bonds. The molecule has 3 aromatic rings. The zero-order chi connectivity index (χ0) is 18.1. The predicted octanol–water partition coefficient (Wildman–Crippen LogP) is 2.05. The van der Waals surface area contributed by atoms with Gasteiger partial charge in [-0.1, -0.05) is 18.4 Å². The molecule has 0 radical (unpaired) electrons. The molecule has 1 fully saturated rings. The van der Waals surface area contributed by atoms with Crippen LogP contribution in [0.1, 0.15) is 37.9 Å². The van der Waals surface area contributed by atoms with E-state index in [1.54, 1.807) is 6.20 Å². The van der Waals surface area contributed by atoms with Crippen LogP contribution < -0.4 is 5.73 Å². The van der Waals surface area contributed by atoms with Crippen molar-refractivity contribution in [2.24, 2.45) is 7.05 Å². The van der Waals surface area contributed by atoms with Crippen LogP contribution >= 0.6 is 0 Å². The van der Waals surface area contributed by atoms with Crippen molar-refractivity contribution in [3.05, 3.63) is 30.2 Å². The van der Waals surface area contributed by atoms with E-state index in [0.717, 1.165) is 25.0 Å². The third kappa shape index (κ3) is 3.00. The second-order valence-electron chi connectivity index (χ2n) is 6.66. The maximum atomic E-state index is 10.5. The summed E-state index contributed by atoms with van der Waals surface area (Å²) >= 11 is 0. The van der Waals surface area contributed by atoms with Gasteiger partial charge in [0.05, 0.1) is 0 Å². The summed E-state index contributed by atoms with van der Waals surface area (Å²) in [6.45, 7) is 0. The van der Waals surface area contributed by atoms with Gasteiger partial charge in [-0.25, -0.2) is 15.0 Å². The first-order valence-corrected chi connectivity index (χ1v) is 8.73. The van der Waals surface area contributed by atoms with Gasteiger partial charge < -0.3 is 15.4 Å². The number of aryl methyl sites for hydroxylation is 1. The average Bonchev–Trinajstić information content (AvgIpc) is 2.99. The van der Waals surface area contributed by atoms with Crippen LogP contribution in [-0.4, -0.2) is 35.2 Å². The summed E-state index contributed by atoms with van der Waals surface area (Å²) < 4.78 is 1.83. The van der Waals surface area contributed by atoms with Crippen molar-refractivity contribution in [2.45, 2.75) is 37.7 Å². The standard InChI is InChI=1S/C19H20N6O/c1-25-17(13-7-3-6-12-21-13)24-15-16(20)22-14(23-18(15)25)8-11-19(26)9-4-2-5-10-19/h3,6-7,12,26H,2,4-5,9-10H2,1H3,(H2,20,22,23). The summed E-state index contributed by atoms with van der Waals surface area (Å²) in [5.74, 6) is 7.08. The molecule has 1 aliphatic carbocycles. The Labute approximate surface area is 151 Å². The Morgan fingerprint density at radius 3 is 2.69 bits per heavy atom. The molecular weight excluding hydrogens is 328 g/mol. The van der Waals surface area contributed by atoms with Crippen molar-refractivity contribution in [3.63, 3.8) is 0 Å². The smallest absolute Gasteiger partial charge is 0.209 e. The summed E-state index contributed by atoms with van der Waals surface area (Å²) in [4.78, 5) is 17.6. The number of nitrogen functional groups attached to an aromatic ring is 1. The Morgan fingerprint density at radius 1 is 1.15 bits per heavy atom. The van der Waals surface area contributed by atoms with Crippen molar-refractivity contribution in [1.29, 1.82) is 0 Å². The number of rotatable bonds is 1. The molecule has 0 atom stereocenters. The summed E-state index contributed by atoms with van der Waals surface area (Å²) in [6.07, 6.45) is 6.21. The highest BCUT2D eigenvalue weighted by molar-refractivity contribution is 5.85. The summed E-state index contributed by atoms with van der Waals surface area (Å²) in [7, 11) is 1.86. The molecule has 7 nitrogen and oxygen atoms in total. The van der Waals surface area contributed by atoms with Gasteiger partial charge in [0.25, 0.3) is 0 Å². The molecule has 3 heterocycles. The Morgan fingerprint density at radius 2 is 1.96 bits per heavy atom. The minimum absolute atomic E-state index is 0.271. The molecule has 0 saturated heterocycles. The van der Waals surface area contributed by atoms with E-state index < -0.39 is 5.60 Å². The SMILES string of the molecule is Cn1c(-c2ccccn2)nc2c(N)nc(C#CC3(O)CCCCC3)nc21. The van der Waals surface area contributed by atoms with Crippen molar-refractivity contribution in [1.82, 2.24) is 24.5 Å². The van der Waals surface area contributed by atoms with E-state index in [0.29, 0.717) is 35.7 Å². The Bertz CT molecular complexity index is 1010. The van der Waals surface area contributed by atoms with E-state index in [4.69, 9.17) is 5.73 Å². The maximum Gasteiger partial charge on any atom is 0.209 e. The lowest BCUT2D eigenvalue weighted by atomic mass is 9.85. The van der Waals surface area contributed by atoms with Crippen LogP contribution in [0.5, 0.6) is 0 Å². The third-order valence-corrected chi connectivity index (χ3v) is 4.73. The van der Waals surface area contributed by atoms with Gasteiger partial charge >= 0.3 is 0 Å². The summed E-state index contributed by atoms with van der Waals surface area (Å²) in [5, 5.41) is 10.5. The van der Waals surface area contributed by atoms with Gasteiger partial charge in [0.2, 0.25) is 5.82 Å². The zero-order valence-corrected chi connectivity index (χ0v) is 14.6. The van der Waals surface area contributed by atoms with Crippen LogP contribution in [-0.2, 0) is 7.05 Å². The van der Waals surface area contributed by atoms with E-state index in [9.17, 15) is 5.11 Å². The number of aliphatic hydroxyl groups is 1. The van der Waals surface area contributed by atoms with Gasteiger partial charge in [-0.2, -0.15) is 0 Å². The van der Waals surface area contributed by atoms with Crippen LogP contribution in [0.3, 0.4) is 0 Å². The average molecular weight is 348 g/mol. The molecule has 1 saturated carbocycles. The lowest BCUT2D eigenvalue weighted by Crippen LogP contribution is -2.29. The van der Waals surface area contributed by atoms with Crippen LogP contribution in [0.2, 0.25) is 0 Å². The first kappa shape index (κ1) is 16.5. The normalized spacial score (nSPS) is 16.2. The van der Waals surface area contributed by atoms with Gasteiger partial charge in [-0.05, 0) is 43.7 Å². The van der Waals surface area contributed by atoms with Gasteiger partial charge in [-0.3, -0.25) is 4.98 Å². The molecule has 132 valence electrons. The zero-order valence-electron chi connectivity index (χ0n) is 14.6. The molecule has 0 aliphatic heterocycles. The highest BCUT2D eigenvalue weighted by Crippen LogP contribution is 2.27. The van der Waals surface area contributed by atoms with E-state index >= 15 is 0 Å². The molecule has 3 aromatic heterocycles. The minimum atomic E-state index is -0.948. The number of imidazole rings is 1. The van der Waals surface area contributed by atoms with Crippen LogP contribution in [0.25, 0.3) is 22.7 Å². The largest absolute Gasteiger partial charge is 0.382 e. The molecule has 0 spiro atoms. The van der Waals surface area contributed by atoms with Crippen LogP contribution in [0.4, 0.5) is 5.82 Å². The predicted molar refractivity (Wildman–Crippen MR) is 98.9 cm³/mol. The van der Waals surface area contributed by atoms with Crippen molar-refractivity contribution < 1.29 is 5.11 Å². The minimum Gasteiger partial charge on any atom is -0.382 e. The molecule has 26 heavy (non-hydrogen) atoms. The first-order valence-electron chi connectivity index (χ1n) is 8.73. The fraction of sp³-hybridized carbons (Fsp3) is 0.368. The number of anilines is 1. The Balaban J connectivity index is 1.76. The van der Waals surface area contributed by atoms with Crippen LogP contribution in [0.15, 0.2) is 24.4 Å². The number of nitrogens with zero attached hydrogens (tertiary/aromatic N) is 5. The summed E-state index contributed by atoms with van der Waals surface area (Å²) in [6, 6.07) is 5.63. The topological polar surface area (TPSA) is 103 Å². The van der Waals surface area contributed by atoms with E-state index in [1.165, 1.54) is 0 Å². The van der Waals surface area contributed by atoms with Crippen molar-refractivity contribution >= 4 is 17.0 Å². The molecule has 1 aliphatic rings. The quantitative estimate of drug-likeness (QED) is 0.653. The van der Waals surface area contributed by atoms with E-state index in [1.807, 2.05) is 29.8 Å². The van der Waals surface area contributed by atoms with Crippen molar-refractivity contribution in [2.75, 3.05) is 5.73 Å². The Hall–Kier alpha value is -2.98. The second-order valence-corrected chi connectivity index (χ2v) is 6.66. The third-order valence-electron chi connectivity index (χ3n) is 4.73. The summed E-state index contributed by atoms with van der Waals surface area (Å²) in [5.41, 5.74) is 6.99.